The fourth-order valence-corrected chi connectivity index (χ4v) is 1.52. The molecule has 0 saturated carbocycles. The third-order valence-electron chi connectivity index (χ3n) is 2.79. The molecule has 19 heavy (non-hydrogen) atoms. The second-order valence-electron chi connectivity index (χ2n) is 4.55. The van der Waals surface area contributed by atoms with E-state index in [1.54, 1.807) is 0 Å². The Morgan fingerprint density at radius 3 is 2.63 bits per heavy atom. The van der Waals surface area contributed by atoms with Crippen LogP contribution in [0, 0.1) is 13.8 Å². The standard InChI is InChI=1S/C14H22N2O2.ClH/c1-10-5-6-13(11(2)7-10)18-9-14(17)16-8-12(3)15-4;/h5-7,12,15H,8-9H2,1-4H3,(H,16,17);1H. The first-order valence-corrected chi connectivity index (χ1v) is 6.17. The number of carbonyl (C=O) groups excluding carboxylic acids is 1. The fourth-order valence-electron chi connectivity index (χ4n) is 1.52. The average molecular weight is 287 g/mol. The van der Waals surface area contributed by atoms with Gasteiger partial charge in [-0.3, -0.25) is 4.79 Å². The molecular formula is C14H23ClN2O2. The molecule has 1 atom stereocenters. The number of benzene rings is 1. The molecule has 108 valence electrons. The SMILES string of the molecule is CNC(C)CNC(=O)COc1ccc(C)cc1C.Cl. The zero-order valence-corrected chi connectivity index (χ0v) is 12.8. The van der Waals surface area contributed by atoms with E-state index in [-0.39, 0.29) is 31.0 Å². The van der Waals surface area contributed by atoms with Gasteiger partial charge < -0.3 is 15.4 Å². The van der Waals surface area contributed by atoms with E-state index in [9.17, 15) is 4.79 Å². The number of hydrogen-bond acceptors (Lipinski definition) is 3. The summed E-state index contributed by atoms with van der Waals surface area (Å²) in [6.45, 7) is 6.67. The van der Waals surface area contributed by atoms with Crippen LogP contribution in [0.2, 0.25) is 0 Å². The molecule has 0 aliphatic carbocycles. The van der Waals surface area contributed by atoms with Crippen LogP contribution in [-0.4, -0.2) is 32.1 Å². The van der Waals surface area contributed by atoms with Gasteiger partial charge in [-0.15, -0.1) is 12.4 Å². The van der Waals surface area contributed by atoms with Crippen LogP contribution >= 0.6 is 12.4 Å². The van der Waals surface area contributed by atoms with Crippen molar-refractivity contribution in [1.29, 1.82) is 0 Å². The highest BCUT2D eigenvalue weighted by molar-refractivity contribution is 5.85. The average Bonchev–Trinajstić information content (AvgIpc) is 2.34. The number of aryl methyl sites for hydroxylation is 2. The molecule has 0 fully saturated rings. The highest BCUT2D eigenvalue weighted by Gasteiger charge is 2.06. The maximum atomic E-state index is 11.6. The van der Waals surface area contributed by atoms with E-state index in [2.05, 4.69) is 10.6 Å². The molecule has 0 aromatic heterocycles. The molecule has 0 spiro atoms. The van der Waals surface area contributed by atoms with Crippen molar-refractivity contribution in [1.82, 2.24) is 10.6 Å². The number of amides is 1. The summed E-state index contributed by atoms with van der Waals surface area (Å²) in [5, 5.41) is 5.86. The summed E-state index contributed by atoms with van der Waals surface area (Å²) < 4.78 is 5.49. The number of likely N-dealkylation sites (N-methyl/N-ethyl adjacent to an activating group) is 1. The Morgan fingerprint density at radius 2 is 2.05 bits per heavy atom. The van der Waals surface area contributed by atoms with Crippen LogP contribution in [0.15, 0.2) is 18.2 Å². The van der Waals surface area contributed by atoms with Gasteiger partial charge in [-0.2, -0.15) is 0 Å². The number of nitrogens with one attached hydrogen (secondary N) is 2. The molecule has 4 nitrogen and oxygen atoms in total. The van der Waals surface area contributed by atoms with Crippen LogP contribution in [0.4, 0.5) is 0 Å². The molecule has 0 aliphatic heterocycles. The predicted molar refractivity (Wildman–Crippen MR) is 80.2 cm³/mol. The Hall–Kier alpha value is -1.26. The van der Waals surface area contributed by atoms with Gasteiger partial charge >= 0.3 is 0 Å². The van der Waals surface area contributed by atoms with Gasteiger partial charge in [-0.05, 0) is 39.4 Å². The molecule has 0 bridgehead atoms. The van der Waals surface area contributed by atoms with Crippen LogP contribution < -0.4 is 15.4 Å². The Balaban J connectivity index is 0.00000324. The van der Waals surface area contributed by atoms with Gasteiger partial charge in [0, 0.05) is 12.6 Å². The van der Waals surface area contributed by atoms with Crippen molar-refractivity contribution in [3.63, 3.8) is 0 Å². The smallest absolute Gasteiger partial charge is 0.257 e. The molecule has 1 aromatic carbocycles. The zero-order valence-electron chi connectivity index (χ0n) is 11.9. The minimum Gasteiger partial charge on any atom is -0.484 e. The van der Waals surface area contributed by atoms with Crippen LogP contribution in [0.1, 0.15) is 18.1 Å². The molecule has 0 saturated heterocycles. The van der Waals surface area contributed by atoms with E-state index in [0.29, 0.717) is 6.54 Å². The second-order valence-corrected chi connectivity index (χ2v) is 4.55. The normalized spacial score (nSPS) is 11.4. The molecule has 2 N–H and O–H groups in total. The highest BCUT2D eigenvalue weighted by atomic mass is 35.5. The zero-order chi connectivity index (χ0) is 13.5. The summed E-state index contributed by atoms with van der Waals surface area (Å²) in [5.41, 5.74) is 2.23. The molecular weight excluding hydrogens is 264 g/mol. The molecule has 1 rings (SSSR count). The predicted octanol–water partition coefficient (Wildman–Crippen LogP) is 1.83. The molecule has 5 heteroatoms. The van der Waals surface area contributed by atoms with Crippen molar-refractivity contribution < 1.29 is 9.53 Å². The number of rotatable bonds is 6. The Bertz CT molecular complexity index is 410. The summed E-state index contributed by atoms with van der Waals surface area (Å²) in [7, 11) is 1.86. The van der Waals surface area contributed by atoms with Gasteiger partial charge in [0.05, 0.1) is 0 Å². The lowest BCUT2D eigenvalue weighted by Gasteiger charge is -2.13. The first kappa shape index (κ1) is 17.7. The van der Waals surface area contributed by atoms with Gasteiger partial charge in [0.1, 0.15) is 5.75 Å². The maximum Gasteiger partial charge on any atom is 0.257 e. The maximum absolute atomic E-state index is 11.6. The fraction of sp³-hybridized carbons (Fsp3) is 0.500. The van der Waals surface area contributed by atoms with E-state index in [1.807, 2.05) is 46.0 Å². The molecule has 0 heterocycles. The summed E-state index contributed by atoms with van der Waals surface area (Å²) >= 11 is 0. The largest absolute Gasteiger partial charge is 0.484 e. The summed E-state index contributed by atoms with van der Waals surface area (Å²) in [4.78, 5) is 11.6. The molecule has 0 aliphatic rings. The van der Waals surface area contributed by atoms with Crippen molar-refractivity contribution in [2.24, 2.45) is 0 Å². The minimum atomic E-state index is -0.0999. The van der Waals surface area contributed by atoms with E-state index >= 15 is 0 Å². The lowest BCUT2D eigenvalue weighted by molar-refractivity contribution is -0.123. The van der Waals surface area contributed by atoms with Gasteiger partial charge in [-0.25, -0.2) is 0 Å². The molecule has 1 aromatic rings. The first-order chi connectivity index (χ1) is 8.52. The number of hydrogen-bond donors (Lipinski definition) is 2. The molecule has 0 radical (unpaired) electrons. The van der Waals surface area contributed by atoms with Gasteiger partial charge in [0.15, 0.2) is 6.61 Å². The second kappa shape index (κ2) is 8.77. The van der Waals surface area contributed by atoms with Crippen LogP contribution in [-0.2, 0) is 4.79 Å². The van der Waals surface area contributed by atoms with Crippen molar-refractivity contribution in [3.05, 3.63) is 29.3 Å². The molecule has 1 amide bonds. The number of halogens is 1. The van der Waals surface area contributed by atoms with Crippen molar-refractivity contribution in [3.8, 4) is 5.75 Å². The summed E-state index contributed by atoms with van der Waals surface area (Å²) in [5.74, 6) is 0.662. The van der Waals surface area contributed by atoms with Gasteiger partial charge in [0.25, 0.3) is 5.91 Å². The van der Waals surface area contributed by atoms with Gasteiger partial charge in [-0.1, -0.05) is 17.7 Å². The highest BCUT2D eigenvalue weighted by Crippen LogP contribution is 2.18. The lowest BCUT2D eigenvalue weighted by atomic mass is 10.1. The Labute approximate surface area is 121 Å². The van der Waals surface area contributed by atoms with E-state index in [4.69, 9.17) is 4.74 Å². The third kappa shape index (κ3) is 6.45. The van der Waals surface area contributed by atoms with E-state index in [0.717, 1.165) is 11.3 Å². The van der Waals surface area contributed by atoms with Crippen LogP contribution in [0.5, 0.6) is 5.75 Å². The van der Waals surface area contributed by atoms with E-state index in [1.165, 1.54) is 5.56 Å². The minimum absolute atomic E-state index is 0. The lowest BCUT2D eigenvalue weighted by Crippen LogP contribution is -2.39. The third-order valence-corrected chi connectivity index (χ3v) is 2.79. The number of carbonyl (C=O) groups is 1. The topological polar surface area (TPSA) is 50.4 Å². The van der Waals surface area contributed by atoms with Gasteiger partial charge in [0.2, 0.25) is 0 Å². The molecule has 1 unspecified atom stereocenters. The van der Waals surface area contributed by atoms with Crippen molar-refractivity contribution in [2.45, 2.75) is 26.8 Å². The van der Waals surface area contributed by atoms with Crippen molar-refractivity contribution >= 4 is 18.3 Å². The Morgan fingerprint density at radius 1 is 1.37 bits per heavy atom. The summed E-state index contributed by atoms with van der Waals surface area (Å²) in [6, 6.07) is 6.17. The summed E-state index contributed by atoms with van der Waals surface area (Å²) in [6.07, 6.45) is 0. The quantitative estimate of drug-likeness (QED) is 0.839. The van der Waals surface area contributed by atoms with E-state index < -0.39 is 0 Å². The van der Waals surface area contributed by atoms with Crippen LogP contribution in [0.25, 0.3) is 0 Å². The Kier molecular flexibility index (Phi) is 8.19. The first-order valence-electron chi connectivity index (χ1n) is 6.17. The van der Waals surface area contributed by atoms with Crippen LogP contribution in [0.3, 0.4) is 0 Å². The number of ether oxygens (including phenoxy) is 1. The monoisotopic (exact) mass is 286 g/mol. The van der Waals surface area contributed by atoms with Crippen molar-refractivity contribution in [2.75, 3.05) is 20.2 Å².